The molecule has 6 heterocycles. The van der Waals surface area contributed by atoms with E-state index in [0.29, 0.717) is 85.4 Å². The number of hydrogen-bond acceptors (Lipinski definition) is 20. The Morgan fingerprint density at radius 3 is 1.48 bits per heavy atom. The number of hydrogen-bond donors (Lipinski definition) is 5. The van der Waals surface area contributed by atoms with E-state index in [4.69, 9.17) is 53.4 Å². The second-order valence-corrected chi connectivity index (χ2v) is 26.9. The Morgan fingerprint density at radius 2 is 1.04 bits per heavy atom. The summed E-state index contributed by atoms with van der Waals surface area (Å²) in [6.45, 7) is 27.5. The maximum atomic E-state index is 12.4. The SMILES string of the molecule is NCc1ccc(COc2nccc(N)n2)cc1.[C-]#[N+]/C(=C\c1cc2c(s1)-c1ccc(N(C)CCO)cc1C2(C)C)c1nc2ccccc2o1.[C-]#[N+]/C(=C\c1cc2c(s1)-c1ccc(N(C)CCOC(=O)NCc3ccc(COc4nccc(N)n4)cc3)cc1C2(C)C)c1nc2ccccc2o1. The van der Waals surface area contributed by atoms with Crippen molar-refractivity contribution < 1.29 is 32.9 Å². The molecule has 14 rings (SSSR count). The number of carbonyl (C=O) groups excluding carboxylic acids is 1. The lowest BCUT2D eigenvalue weighted by Gasteiger charge is -2.24. The van der Waals surface area contributed by atoms with Crippen LogP contribution >= 0.6 is 22.7 Å². The van der Waals surface area contributed by atoms with Crippen LogP contribution < -0.4 is 41.8 Å². The monoisotopic (exact) mass is 1370 g/mol. The molecule has 21 nitrogen and oxygen atoms in total. The smallest absolute Gasteiger partial charge is 0.407 e. The lowest BCUT2D eigenvalue weighted by atomic mass is 9.82. The van der Waals surface area contributed by atoms with Crippen molar-refractivity contribution in [2.75, 3.05) is 61.7 Å². The Balaban J connectivity index is 0.000000163. The molecule has 2 aliphatic rings. The predicted molar refractivity (Wildman–Crippen MR) is 395 cm³/mol. The maximum Gasteiger partial charge on any atom is 0.407 e. The van der Waals surface area contributed by atoms with E-state index >= 15 is 0 Å². The van der Waals surface area contributed by atoms with Gasteiger partial charge in [-0.3, -0.25) is 0 Å². The van der Waals surface area contributed by atoms with Gasteiger partial charge in [-0.25, -0.2) is 34.4 Å². The summed E-state index contributed by atoms with van der Waals surface area (Å²) in [6.07, 6.45) is 6.37. The number of likely N-dealkylation sites (N-methyl/N-ethyl adjacent to an activating group) is 2. The highest BCUT2D eigenvalue weighted by Gasteiger charge is 2.39. The summed E-state index contributed by atoms with van der Waals surface area (Å²) < 4.78 is 28.1. The zero-order valence-electron chi connectivity index (χ0n) is 55.9. The highest BCUT2D eigenvalue weighted by Crippen LogP contribution is 2.55. The fraction of sp³-hybridized carbons (Fsp3) is 0.208. The predicted octanol–water partition coefficient (Wildman–Crippen LogP) is 15.1. The number of carbonyl (C=O) groups is 1. The number of thiophene rings is 2. The Morgan fingerprint density at radius 1 is 0.590 bits per heavy atom. The van der Waals surface area contributed by atoms with Gasteiger partial charge in [-0.1, -0.05) is 113 Å². The van der Waals surface area contributed by atoms with Crippen LogP contribution in [0.25, 0.3) is 76.3 Å². The second kappa shape index (κ2) is 29.9. The average molecular weight is 1370 g/mol. The van der Waals surface area contributed by atoms with Gasteiger partial charge in [0.25, 0.3) is 0 Å². The highest BCUT2D eigenvalue weighted by atomic mass is 32.1. The first-order valence-electron chi connectivity index (χ1n) is 32.1. The first kappa shape index (κ1) is 68.2. The number of alkyl carbamates (subject to hydrolysis) is 1. The highest BCUT2D eigenvalue weighted by molar-refractivity contribution is 7.17. The van der Waals surface area contributed by atoms with Gasteiger partial charge in [0.2, 0.25) is 23.2 Å². The molecule has 504 valence electrons. The first-order chi connectivity index (χ1) is 48.4. The number of aliphatic hydroxyl groups is 1. The molecule has 6 aromatic carbocycles. The minimum atomic E-state index is -0.475. The van der Waals surface area contributed by atoms with Crippen molar-refractivity contribution in [3.63, 3.8) is 0 Å². The minimum Gasteiger partial charge on any atom is -0.459 e. The minimum absolute atomic E-state index is 0.128. The molecule has 6 aromatic heterocycles. The zero-order valence-corrected chi connectivity index (χ0v) is 57.5. The van der Waals surface area contributed by atoms with Gasteiger partial charge >= 0.3 is 18.1 Å². The third-order valence-corrected chi connectivity index (χ3v) is 19.5. The number of nitrogens with zero attached hydrogens (tertiary/aromatic N) is 10. The topological polar surface area (TPSA) is 274 Å². The molecular formula is C77H72N14O7S2. The van der Waals surface area contributed by atoms with E-state index in [0.717, 1.165) is 54.4 Å². The second-order valence-electron chi connectivity index (χ2n) is 24.7. The number of ether oxygens (including phenoxy) is 3. The molecule has 1 amide bonds. The Bertz CT molecular complexity index is 5030. The van der Waals surface area contributed by atoms with Gasteiger partial charge in [-0.15, -0.1) is 22.7 Å². The molecule has 2 aliphatic carbocycles. The van der Waals surface area contributed by atoms with Crippen molar-refractivity contribution in [2.45, 2.75) is 64.8 Å². The van der Waals surface area contributed by atoms with Crippen molar-refractivity contribution in [1.82, 2.24) is 35.2 Å². The van der Waals surface area contributed by atoms with Crippen LogP contribution in [0, 0.1) is 13.1 Å². The largest absolute Gasteiger partial charge is 0.459 e. The van der Waals surface area contributed by atoms with Crippen LogP contribution in [-0.2, 0) is 41.9 Å². The van der Waals surface area contributed by atoms with Crippen molar-refractivity contribution in [3.8, 4) is 32.9 Å². The zero-order chi connectivity index (χ0) is 70.1. The number of rotatable bonds is 20. The van der Waals surface area contributed by atoms with Gasteiger partial charge in [0.15, 0.2) is 11.2 Å². The molecule has 0 radical (unpaired) electrons. The summed E-state index contributed by atoms with van der Waals surface area (Å²) in [6, 6.07) is 51.7. The number of aromatic nitrogens is 6. The Labute approximate surface area is 586 Å². The van der Waals surface area contributed by atoms with Crippen LogP contribution in [0.2, 0.25) is 0 Å². The van der Waals surface area contributed by atoms with E-state index in [1.165, 1.54) is 43.1 Å². The van der Waals surface area contributed by atoms with Crippen LogP contribution in [0.3, 0.4) is 0 Å². The van der Waals surface area contributed by atoms with Crippen LogP contribution in [-0.4, -0.2) is 81.5 Å². The maximum absolute atomic E-state index is 12.4. The molecule has 0 atom stereocenters. The fourth-order valence-electron chi connectivity index (χ4n) is 11.6. The first-order valence-corrected chi connectivity index (χ1v) is 33.7. The van der Waals surface area contributed by atoms with E-state index < -0.39 is 6.09 Å². The average Bonchev–Trinajstić information content (AvgIpc) is 1.58. The summed E-state index contributed by atoms with van der Waals surface area (Å²) in [7, 11) is 3.99. The fourth-order valence-corrected chi connectivity index (χ4v) is 14.2. The third-order valence-electron chi connectivity index (χ3n) is 17.3. The molecule has 0 spiro atoms. The van der Waals surface area contributed by atoms with Crippen molar-refractivity contribution in [3.05, 3.63) is 259 Å². The van der Waals surface area contributed by atoms with E-state index in [-0.39, 0.29) is 36.1 Å². The van der Waals surface area contributed by atoms with Gasteiger partial charge in [0.1, 0.15) is 42.5 Å². The molecule has 23 heteroatoms. The number of aliphatic hydroxyl groups excluding tert-OH is 1. The number of fused-ring (bicyclic) bond motifs is 8. The molecule has 0 unspecified atom stereocenters. The van der Waals surface area contributed by atoms with E-state index in [1.807, 2.05) is 123 Å². The molecule has 8 N–H and O–H groups in total. The van der Waals surface area contributed by atoms with Gasteiger partial charge in [0.05, 0.1) is 26.3 Å². The van der Waals surface area contributed by atoms with Crippen molar-refractivity contribution >= 4 is 97.5 Å². The van der Waals surface area contributed by atoms with E-state index in [9.17, 15) is 9.90 Å². The van der Waals surface area contributed by atoms with Crippen LogP contribution in [0.4, 0.5) is 27.8 Å². The third kappa shape index (κ3) is 15.3. The molecule has 0 saturated carbocycles. The summed E-state index contributed by atoms with van der Waals surface area (Å²) >= 11 is 3.36. The van der Waals surface area contributed by atoms with E-state index in [2.05, 4.69) is 131 Å². The Hall–Kier alpha value is -11.7. The van der Waals surface area contributed by atoms with Gasteiger partial charge in [0, 0.05) is 87.8 Å². The number of anilines is 4. The van der Waals surface area contributed by atoms with Crippen molar-refractivity contribution in [2.24, 2.45) is 5.73 Å². The standard InChI is InChI=1S/C39H35N7O4S.C26H23N3O2S.C12H14N4O/c1-39(2)29-19-26(13-14-28(29)35-30(39)20-27(51-35)21-32(41-3)36-44-31-7-5-6-8-33(31)50-36)46(4)17-18-48-38(47)43-22-24-9-11-25(12-10-24)23-49-37-42-16-15-34(40)45-37;1-26(2)19-13-16(29(4)11-12-30)9-10-18(19)24-20(26)14-17(32-24)15-22(27-3)25-28-21-7-5-6-8-23(21)31-25;13-7-9-1-3-10(4-2-9)8-17-12-15-6-5-11(14)16-12/h5-16,19-21H,17-18,22-23H2,1-2,4H3,(H,43,47)(H2,40,42,45);5-10,13-15,30H,11-12H2,1-2,4H3;1-6H,7-8,13H2,(H2,14,15,16)/b32-21-;22-15-;. The summed E-state index contributed by atoms with van der Waals surface area (Å²) in [5.41, 5.74) is 33.5. The van der Waals surface area contributed by atoms with Crippen LogP contribution in [0.15, 0.2) is 179 Å². The van der Waals surface area contributed by atoms with Gasteiger partial charge in [-0.2, -0.15) is 9.97 Å². The van der Waals surface area contributed by atoms with E-state index in [1.54, 1.807) is 47.2 Å². The number of oxazole rings is 2. The van der Waals surface area contributed by atoms with Crippen molar-refractivity contribution in [1.29, 1.82) is 0 Å². The van der Waals surface area contributed by atoms with Crippen LogP contribution in [0.1, 0.15) is 93.7 Å². The molecule has 0 aliphatic heterocycles. The van der Waals surface area contributed by atoms with Gasteiger partial charge < -0.3 is 60.5 Å². The summed E-state index contributed by atoms with van der Waals surface area (Å²) in [5, 5.41) is 12.1. The van der Waals surface area contributed by atoms with Crippen LogP contribution in [0.5, 0.6) is 12.0 Å². The summed E-state index contributed by atoms with van der Waals surface area (Å²) in [5.74, 6) is 1.42. The lowest BCUT2D eigenvalue weighted by Crippen LogP contribution is -2.29. The number of benzene rings is 6. The molecule has 0 bridgehead atoms. The Kier molecular flexibility index (Phi) is 20.4. The molecule has 100 heavy (non-hydrogen) atoms. The quantitative estimate of drug-likeness (QED) is 0.0444. The number of nitrogens with one attached hydrogen (secondary N) is 1. The number of nitrogens with two attached hydrogens (primary N) is 3. The summed E-state index contributed by atoms with van der Waals surface area (Å²) in [4.78, 5) is 53.4. The number of amides is 1. The lowest BCUT2D eigenvalue weighted by molar-refractivity contribution is 0.148. The molecule has 0 fully saturated rings. The molecular weight excluding hydrogens is 1300 g/mol. The van der Waals surface area contributed by atoms with Gasteiger partial charge in [-0.05, 0) is 141 Å². The molecule has 12 aromatic rings. The normalized spacial score (nSPS) is 12.9. The number of para-hydroxylation sites is 4. The molecule has 0 saturated heterocycles. The number of nitrogen functional groups attached to an aromatic ring is 2.